The molecule has 0 saturated heterocycles. The van der Waals surface area contributed by atoms with Gasteiger partial charge in [-0.1, -0.05) is 0 Å². The fourth-order valence-corrected chi connectivity index (χ4v) is 5.57. The van der Waals surface area contributed by atoms with E-state index in [2.05, 4.69) is 21.3 Å². The molecular weight excluding hydrogens is 428 g/mol. The number of rotatable bonds is 9. The molecule has 1 aromatic carbocycles. The van der Waals surface area contributed by atoms with Crippen LogP contribution in [-0.2, 0) is 17.6 Å². The first-order valence-electron chi connectivity index (χ1n) is 11.5. The van der Waals surface area contributed by atoms with Crippen LogP contribution in [0.3, 0.4) is 0 Å². The Kier molecular flexibility index (Phi) is 5.53. The lowest BCUT2D eigenvalue weighted by molar-refractivity contribution is -0.117. The van der Waals surface area contributed by atoms with Crippen molar-refractivity contribution in [1.82, 2.24) is 5.32 Å². The highest BCUT2D eigenvalue weighted by molar-refractivity contribution is 7.17. The summed E-state index contributed by atoms with van der Waals surface area (Å²) in [5.41, 5.74) is 1.25. The van der Waals surface area contributed by atoms with Gasteiger partial charge in [0.15, 0.2) is 0 Å². The second kappa shape index (κ2) is 8.35. The molecule has 9 heteroatoms. The molecule has 0 bridgehead atoms. The highest BCUT2D eigenvalue weighted by atomic mass is 32.1. The van der Waals surface area contributed by atoms with Gasteiger partial charge in [-0.25, -0.2) is 0 Å². The van der Waals surface area contributed by atoms with Crippen molar-refractivity contribution < 1.29 is 9.59 Å². The van der Waals surface area contributed by atoms with Gasteiger partial charge in [0.05, 0.1) is 5.56 Å². The first-order chi connectivity index (χ1) is 15.5. The van der Waals surface area contributed by atoms with Gasteiger partial charge < -0.3 is 21.3 Å². The van der Waals surface area contributed by atoms with Gasteiger partial charge in [-0.3, -0.25) is 19.2 Å². The van der Waals surface area contributed by atoms with E-state index in [0.29, 0.717) is 47.4 Å². The van der Waals surface area contributed by atoms with Crippen molar-refractivity contribution in [2.75, 3.05) is 29.0 Å². The fourth-order valence-electron chi connectivity index (χ4n) is 4.32. The Hall–Kier alpha value is -2.68. The Morgan fingerprint density at radius 2 is 1.78 bits per heavy atom. The number of hydrogen-bond acceptors (Lipinski definition) is 7. The highest BCUT2D eigenvalue weighted by Gasteiger charge is 2.35. The predicted molar refractivity (Wildman–Crippen MR) is 126 cm³/mol. The number of hydrogen-bond donors (Lipinski definition) is 4. The lowest BCUT2D eigenvalue weighted by Gasteiger charge is -2.26. The first kappa shape index (κ1) is 21.2. The smallest absolute Gasteiger partial charge is 0.254 e. The van der Waals surface area contributed by atoms with E-state index in [4.69, 9.17) is 0 Å². The van der Waals surface area contributed by atoms with Crippen molar-refractivity contribution >= 4 is 39.5 Å². The minimum absolute atomic E-state index is 0.00599. The van der Waals surface area contributed by atoms with Gasteiger partial charge >= 0.3 is 0 Å². The molecule has 3 aliphatic rings. The Labute approximate surface area is 189 Å². The molecular formula is C23H28N4O4S. The van der Waals surface area contributed by atoms with E-state index in [1.54, 1.807) is 0 Å². The molecule has 5 rings (SSSR count). The minimum Gasteiger partial charge on any atom is -0.380 e. The highest BCUT2D eigenvalue weighted by Crippen LogP contribution is 2.40. The maximum atomic E-state index is 13.1. The quantitative estimate of drug-likeness (QED) is 0.430. The van der Waals surface area contributed by atoms with Crippen molar-refractivity contribution in [3.05, 3.63) is 36.5 Å². The van der Waals surface area contributed by atoms with Crippen molar-refractivity contribution in [1.29, 1.82) is 0 Å². The second-order valence-electron chi connectivity index (χ2n) is 9.15. The zero-order valence-electron chi connectivity index (χ0n) is 18.1. The summed E-state index contributed by atoms with van der Waals surface area (Å²) in [4.78, 5) is 50.6. The van der Waals surface area contributed by atoms with Gasteiger partial charge in [0.1, 0.15) is 16.4 Å². The monoisotopic (exact) mass is 456 g/mol. The molecule has 2 fully saturated rings. The molecule has 1 heterocycles. The summed E-state index contributed by atoms with van der Waals surface area (Å²) in [6, 6.07) is -0.0558. The molecule has 2 saturated carbocycles. The molecule has 0 spiro atoms. The molecule has 8 nitrogen and oxygen atoms in total. The standard InChI is InChI=1S/C23H28N4O4S/c1-2-24-17-18(20(29)19(17)28)26-13-7-8-15-14(9-13)16(22(31)25-10-11-3-4-11)23(32-15)27-21(30)12-5-6-12/h11-13,24,26H,2-10H2,1H3,(H,25,31)(H,27,30). The average molecular weight is 457 g/mol. The third kappa shape index (κ3) is 4.05. The van der Waals surface area contributed by atoms with Gasteiger partial charge in [-0.05, 0) is 63.4 Å². The van der Waals surface area contributed by atoms with Gasteiger partial charge in [-0.15, -0.1) is 11.3 Å². The van der Waals surface area contributed by atoms with E-state index in [1.807, 2.05) is 6.92 Å². The molecule has 170 valence electrons. The summed E-state index contributed by atoms with van der Waals surface area (Å²) < 4.78 is 0. The Morgan fingerprint density at radius 1 is 1.03 bits per heavy atom. The van der Waals surface area contributed by atoms with Gasteiger partial charge in [0.2, 0.25) is 5.91 Å². The van der Waals surface area contributed by atoms with Crippen molar-refractivity contribution in [3.8, 4) is 0 Å². The summed E-state index contributed by atoms with van der Waals surface area (Å²) in [6.45, 7) is 3.11. The van der Waals surface area contributed by atoms with Crippen molar-refractivity contribution in [2.45, 2.75) is 57.9 Å². The van der Waals surface area contributed by atoms with Gasteiger partial charge in [0.25, 0.3) is 16.8 Å². The number of nitrogens with one attached hydrogen (secondary N) is 4. The predicted octanol–water partition coefficient (Wildman–Crippen LogP) is 2.23. The van der Waals surface area contributed by atoms with Crippen molar-refractivity contribution in [2.24, 2.45) is 11.8 Å². The van der Waals surface area contributed by atoms with Crippen LogP contribution >= 0.6 is 11.3 Å². The molecule has 0 radical (unpaired) electrons. The van der Waals surface area contributed by atoms with Crippen LogP contribution < -0.4 is 32.1 Å². The molecule has 1 unspecified atom stereocenters. The van der Waals surface area contributed by atoms with E-state index >= 15 is 0 Å². The zero-order chi connectivity index (χ0) is 22.4. The fraction of sp³-hybridized carbons (Fsp3) is 0.565. The number of aryl methyl sites for hydroxylation is 1. The average Bonchev–Trinajstić information content (AvgIpc) is 3.70. The minimum atomic E-state index is -0.489. The van der Waals surface area contributed by atoms with Crippen LogP contribution in [0.4, 0.5) is 16.4 Å². The second-order valence-corrected chi connectivity index (χ2v) is 10.3. The van der Waals surface area contributed by atoms with Crippen LogP contribution in [0.2, 0.25) is 0 Å². The van der Waals surface area contributed by atoms with E-state index in [1.165, 1.54) is 11.3 Å². The number of fused-ring (bicyclic) bond motifs is 1. The molecule has 1 atom stereocenters. The van der Waals surface area contributed by atoms with Crippen LogP contribution in [-0.4, -0.2) is 30.9 Å². The Morgan fingerprint density at radius 3 is 2.47 bits per heavy atom. The molecule has 2 amide bonds. The van der Waals surface area contributed by atoms with Gasteiger partial charge in [0, 0.05) is 29.9 Å². The molecule has 1 aromatic heterocycles. The van der Waals surface area contributed by atoms with E-state index < -0.39 is 10.9 Å². The SMILES string of the molecule is CCNc1c(NC2CCc3sc(NC(=O)C4CC4)c(C(=O)NCC4CC4)c3C2)c(=O)c1=O. The number of carbonyl (C=O) groups excluding carboxylic acids is 2. The molecule has 2 aromatic rings. The number of amides is 2. The first-order valence-corrected chi connectivity index (χ1v) is 12.3. The molecule has 3 aliphatic carbocycles. The number of carbonyl (C=O) groups is 2. The largest absolute Gasteiger partial charge is 0.380 e. The third-order valence-electron chi connectivity index (χ3n) is 6.53. The van der Waals surface area contributed by atoms with E-state index in [-0.39, 0.29) is 23.8 Å². The number of thiophene rings is 1. The third-order valence-corrected chi connectivity index (χ3v) is 7.74. The summed E-state index contributed by atoms with van der Waals surface area (Å²) >= 11 is 1.50. The lowest BCUT2D eigenvalue weighted by Crippen LogP contribution is -2.41. The van der Waals surface area contributed by atoms with E-state index in [9.17, 15) is 19.2 Å². The topological polar surface area (TPSA) is 116 Å². The van der Waals surface area contributed by atoms with E-state index in [0.717, 1.165) is 49.0 Å². The van der Waals surface area contributed by atoms with Crippen LogP contribution in [0, 0.1) is 11.8 Å². The van der Waals surface area contributed by atoms with Gasteiger partial charge in [-0.2, -0.15) is 0 Å². The van der Waals surface area contributed by atoms with Crippen LogP contribution in [0.15, 0.2) is 9.59 Å². The number of anilines is 3. The Balaban J connectivity index is 1.38. The summed E-state index contributed by atoms with van der Waals surface area (Å²) in [7, 11) is 0. The summed E-state index contributed by atoms with van der Waals surface area (Å²) in [5, 5.41) is 12.9. The maximum absolute atomic E-state index is 13.1. The molecule has 32 heavy (non-hydrogen) atoms. The molecule has 4 N–H and O–H groups in total. The normalized spacial score (nSPS) is 20.0. The lowest BCUT2D eigenvalue weighted by atomic mass is 9.90. The maximum Gasteiger partial charge on any atom is 0.254 e. The Bertz CT molecular complexity index is 1140. The van der Waals surface area contributed by atoms with Crippen LogP contribution in [0.5, 0.6) is 0 Å². The summed E-state index contributed by atoms with van der Waals surface area (Å²) in [6.07, 6.45) is 6.22. The van der Waals surface area contributed by atoms with Crippen molar-refractivity contribution in [3.63, 3.8) is 0 Å². The van der Waals surface area contributed by atoms with Crippen LogP contribution in [0.25, 0.3) is 0 Å². The zero-order valence-corrected chi connectivity index (χ0v) is 19.0. The van der Waals surface area contributed by atoms with Crippen LogP contribution in [0.1, 0.15) is 59.8 Å². The summed E-state index contributed by atoms with van der Waals surface area (Å²) in [5.74, 6) is 0.479. The molecule has 0 aliphatic heterocycles.